The van der Waals surface area contributed by atoms with Gasteiger partial charge in [0.15, 0.2) is 0 Å². The molecule has 14 heavy (non-hydrogen) atoms. The Morgan fingerprint density at radius 1 is 1.79 bits per heavy atom. The van der Waals surface area contributed by atoms with E-state index in [4.69, 9.17) is 4.74 Å². The van der Waals surface area contributed by atoms with Crippen LogP contribution in [0.15, 0.2) is 21.8 Å². The zero-order valence-corrected chi connectivity index (χ0v) is 10.1. The molecule has 78 valence electrons. The molecule has 1 aliphatic heterocycles. The summed E-state index contributed by atoms with van der Waals surface area (Å²) in [6.45, 7) is 1.83. The molecule has 3 nitrogen and oxygen atoms in total. The number of hydrogen-bond donors (Lipinski definition) is 1. The summed E-state index contributed by atoms with van der Waals surface area (Å²) in [7, 11) is 0. The molecule has 1 N–H and O–H groups in total. The highest BCUT2D eigenvalue weighted by molar-refractivity contribution is 14.1. The van der Waals surface area contributed by atoms with Gasteiger partial charge in [-0.15, -0.1) is 0 Å². The van der Waals surface area contributed by atoms with Crippen LogP contribution in [0.25, 0.3) is 0 Å². The molecule has 0 aromatic heterocycles. The van der Waals surface area contributed by atoms with Gasteiger partial charge in [-0.1, -0.05) is 28.7 Å². The van der Waals surface area contributed by atoms with Crippen LogP contribution in [0.1, 0.15) is 19.8 Å². The summed E-state index contributed by atoms with van der Waals surface area (Å²) < 4.78 is 6.70. The maximum absolute atomic E-state index is 11.2. The minimum Gasteiger partial charge on any atom is -0.455 e. The van der Waals surface area contributed by atoms with Crippen LogP contribution in [0.2, 0.25) is 0 Å². The number of aliphatic hydroxyl groups is 1. The van der Waals surface area contributed by atoms with Gasteiger partial charge in [-0.25, -0.2) is 4.79 Å². The first kappa shape index (κ1) is 11.7. The van der Waals surface area contributed by atoms with Crippen molar-refractivity contribution in [1.29, 1.82) is 0 Å². The van der Waals surface area contributed by atoms with Crippen molar-refractivity contribution in [1.82, 2.24) is 0 Å². The molecule has 0 radical (unpaired) electrons. The number of carbonyl (C=O) groups excluding carboxylic acids is 1. The minimum absolute atomic E-state index is 0.116. The summed E-state index contributed by atoms with van der Waals surface area (Å²) >= 11 is 2.05. The van der Waals surface area contributed by atoms with Gasteiger partial charge in [0.2, 0.25) is 0 Å². The van der Waals surface area contributed by atoms with Gasteiger partial charge in [-0.05, 0) is 29.9 Å². The molecule has 0 aromatic carbocycles. The lowest BCUT2D eigenvalue weighted by molar-refractivity contribution is -0.139. The topological polar surface area (TPSA) is 46.5 Å². The fourth-order valence-corrected chi connectivity index (χ4v) is 1.78. The van der Waals surface area contributed by atoms with Crippen LogP contribution in [-0.4, -0.2) is 23.3 Å². The highest BCUT2D eigenvalue weighted by Crippen LogP contribution is 2.18. The smallest absolute Gasteiger partial charge is 0.334 e. The molecule has 0 bridgehead atoms. The van der Waals surface area contributed by atoms with Gasteiger partial charge < -0.3 is 9.84 Å². The zero-order chi connectivity index (χ0) is 10.6. The minimum atomic E-state index is -0.475. The summed E-state index contributed by atoms with van der Waals surface area (Å²) in [6.07, 6.45) is 4.05. The Balaban J connectivity index is 2.38. The van der Waals surface area contributed by atoms with Gasteiger partial charge in [-0.3, -0.25) is 0 Å². The zero-order valence-electron chi connectivity index (χ0n) is 7.94. The van der Waals surface area contributed by atoms with E-state index in [1.807, 2.05) is 13.0 Å². The second-order valence-corrected chi connectivity index (χ2v) is 3.95. The SMILES string of the molecule is C[C@H]1C=C(CC[C@@H](O)/C=C/I)C(=O)O1. The number of hydrogen-bond acceptors (Lipinski definition) is 3. The van der Waals surface area contributed by atoms with Gasteiger partial charge in [0.25, 0.3) is 0 Å². The molecule has 0 saturated heterocycles. The van der Waals surface area contributed by atoms with Crippen molar-refractivity contribution in [2.45, 2.75) is 32.0 Å². The molecule has 0 unspecified atom stereocenters. The van der Waals surface area contributed by atoms with Crippen LogP contribution in [0.3, 0.4) is 0 Å². The molecule has 1 aliphatic rings. The molecule has 0 spiro atoms. The van der Waals surface area contributed by atoms with Crippen molar-refractivity contribution in [3.8, 4) is 0 Å². The predicted molar refractivity (Wildman–Crippen MR) is 62.0 cm³/mol. The summed E-state index contributed by atoms with van der Waals surface area (Å²) in [5.74, 6) is -0.247. The van der Waals surface area contributed by atoms with E-state index in [0.29, 0.717) is 18.4 Å². The first-order chi connectivity index (χ1) is 6.63. The Hall–Kier alpha value is -0.360. The molecule has 1 heterocycles. The van der Waals surface area contributed by atoms with E-state index in [0.717, 1.165) is 0 Å². The van der Waals surface area contributed by atoms with Crippen LogP contribution < -0.4 is 0 Å². The number of rotatable bonds is 4. The van der Waals surface area contributed by atoms with Crippen LogP contribution in [-0.2, 0) is 9.53 Å². The second kappa shape index (κ2) is 5.50. The standard InChI is InChI=1S/C10H13IO3/c1-7-6-8(10(13)14-7)2-3-9(12)4-5-11/h4-7,9,12H,2-3H2,1H3/b5-4+/t7-,9+/m0/s1. The van der Waals surface area contributed by atoms with E-state index in [9.17, 15) is 9.90 Å². The van der Waals surface area contributed by atoms with E-state index in [1.54, 1.807) is 10.2 Å². The van der Waals surface area contributed by atoms with E-state index < -0.39 is 6.10 Å². The predicted octanol–water partition coefficient (Wildman–Crippen LogP) is 1.95. The Bertz CT molecular complexity index is 271. The molecule has 0 fully saturated rings. The molecular formula is C10H13IO3. The van der Waals surface area contributed by atoms with Gasteiger partial charge in [0.05, 0.1) is 6.10 Å². The fraction of sp³-hybridized carbons (Fsp3) is 0.500. The molecule has 4 heteroatoms. The first-order valence-corrected chi connectivity index (χ1v) is 5.74. The first-order valence-electron chi connectivity index (χ1n) is 4.50. The average Bonchev–Trinajstić information content (AvgIpc) is 2.42. The maximum Gasteiger partial charge on any atom is 0.334 e. The van der Waals surface area contributed by atoms with Crippen LogP contribution in [0.5, 0.6) is 0 Å². The molecule has 0 aliphatic carbocycles. The third-order valence-corrected chi connectivity index (χ3v) is 2.41. The quantitative estimate of drug-likeness (QED) is 0.638. The summed E-state index contributed by atoms with van der Waals surface area (Å²) in [6, 6.07) is 0. The Morgan fingerprint density at radius 3 is 3.00 bits per heavy atom. The van der Waals surface area contributed by atoms with Crippen molar-refractivity contribution < 1.29 is 14.6 Å². The Labute approximate surface area is 97.0 Å². The highest BCUT2D eigenvalue weighted by atomic mass is 127. The average molecular weight is 308 g/mol. The molecule has 0 saturated carbocycles. The van der Waals surface area contributed by atoms with E-state index in [-0.39, 0.29) is 12.1 Å². The Morgan fingerprint density at radius 2 is 2.50 bits per heavy atom. The largest absolute Gasteiger partial charge is 0.455 e. The lowest BCUT2D eigenvalue weighted by Gasteiger charge is -2.03. The van der Waals surface area contributed by atoms with Crippen molar-refractivity contribution >= 4 is 28.6 Å². The lowest BCUT2D eigenvalue weighted by atomic mass is 10.1. The van der Waals surface area contributed by atoms with Crippen LogP contribution >= 0.6 is 22.6 Å². The van der Waals surface area contributed by atoms with Gasteiger partial charge in [-0.2, -0.15) is 0 Å². The summed E-state index contributed by atoms with van der Waals surface area (Å²) in [5.41, 5.74) is 0.679. The summed E-state index contributed by atoms with van der Waals surface area (Å²) in [4.78, 5) is 11.2. The van der Waals surface area contributed by atoms with Crippen LogP contribution in [0, 0.1) is 0 Å². The van der Waals surface area contributed by atoms with Crippen molar-refractivity contribution in [3.63, 3.8) is 0 Å². The van der Waals surface area contributed by atoms with Crippen LogP contribution in [0.4, 0.5) is 0 Å². The van der Waals surface area contributed by atoms with Crippen molar-refractivity contribution in [2.24, 2.45) is 0 Å². The monoisotopic (exact) mass is 308 g/mol. The number of carbonyl (C=O) groups is 1. The molecule has 0 amide bonds. The lowest BCUT2D eigenvalue weighted by Crippen LogP contribution is -2.06. The number of halogens is 1. The number of cyclic esters (lactones) is 1. The summed E-state index contributed by atoms with van der Waals surface area (Å²) in [5, 5.41) is 9.39. The highest BCUT2D eigenvalue weighted by Gasteiger charge is 2.21. The maximum atomic E-state index is 11.2. The number of aliphatic hydroxyl groups excluding tert-OH is 1. The van der Waals surface area contributed by atoms with Crippen molar-refractivity contribution in [3.05, 3.63) is 21.8 Å². The number of ether oxygens (including phenoxy) is 1. The fourth-order valence-electron chi connectivity index (χ4n) is 1.30. The van der Waals surface area contributed by atoms with Crippen molar-refractivity contribution in [2.75, 3.05) is 0 Å². The van der Waals surface area contributed by atoms with E-state index in [1.165, 1.54) is 0 Å². The normalized spacial score (nSPS) is 23.8. The molecule has 2 atom stereocenters. The Kier molecular flexibility index (Phi) is 4.60. The van der Waals surface area contributed by atoms with Gasteiger partial charge in [0, 0.05) is 5.57 Å². The third-order valence-electron chi connectivity index (χ3n) is 2.00. The molecule has 1 rings (SSSR count). The van der Waals surface area contributed by atoms with Gasteiger partial charge >= 0.3 is 5.97 Å². The molecule has 0 aromatic rings. The van der Waals surface area contributed by atoms with E-state index in [2.05, 4.69) is 22.6 Å². The van der Waals surface area contributed by atoms with Gasteiger partial charge in [0.1, 0.15) is 6.10 Å². The third kappa shape index (κ3) is 3.42. The molecular weight excluding hydrogens is 295 g/mol. The number of esters is 1. The van der Waals surface area contributed by atoms with E-state index >= 15 is 0 Å². The second-order valence-electron chi connectivity index (χ2n) is 3.23.